The normalized spacial score (nSPS) is 22.9. The number of carbonyl (C=O) groups excluding carboxylic acids is 2. The molecule has 6 nitrogen and oxygen atoms in total. The first kappa shape index (κ1) is 18.6. The van der Waals surface area contributed by atoms with Gasteiger partial charge in [-0.25, -0.2) is 9.18 Å². The molecule has 0 saturated carbocycles. The second-order valence-electron chi connectivity index (χ2n) is 7.09. The molecule has 1 aromatic rings. The van der Waals surface area contributed by atoms with E-state index < -0.39 is 5.41 Å². The van der Waals surface area contributed by atoms with E-state index in [-0.39, 0.29) is 24.3 Å². The Balaban J connectivity index is 1.57. The van der Waals surface area contributed by atoms with Gasteiger partial charge in [0.2, 0.25) is 5.91 Å². The summed E-state index contributed by atoms with van der Waals surface area (Å²) in [5.41, 5.74) is -0.0179. The van der Waals surface area contributed by atoms with Crippen molar-refractivity contribution in [3.05, 3.63) is 35.6 Å². The van der Waals surface area contributed by atoms with E-state index in [0.29, 0.717) is 38.2 Å². The Bertz CT molecular complexity index is 669. The van der Waals surface area contributed by atoms with Crippen molar-refractivity contribution in [3.63, 3.8) is 0 Å². The summed E-state index contributed by atoms with van der Waals surface area (Å²) < 4.78 is 18.8. The van der Waals surface area contributed by atoms with E-state index in [2.05, 4.69) is 5.32 Å². The maximum Gasteiger partial charge on any atom is 0.317 e. The first-order valence-electron chi connectivity index (χ1n) is 9.10. The lowest BCUT2D eigenvalue weighted by molar-refractivity contribution is -0.146. The van der Waals surface area contributed by atoms with Gasteiger partial charge in [-0.15, -0.1) is 0 Å². The predicted octanol–water partition coefficient (Wildman–Crippen LogP) is 2.00. The monoisotopic (exact) mass is 363 g/mol. The van der Waals surface area contributed by atoms with Crippen molar-refractivity contribution in [2.75, 3.05) is 39.9 Å². The van der Waals surface area contributed by atoms with Crippen molar-refractivity contribution >= 4 is 11.9 Å². The zero-order valence-electron chi connectivity index (χ0n) is 15.2. The first-order chi connectivity index (χ1) is 12.6. The van der Waals surface area contributed by atoms with Gasteiger partial charge < -0.3 is 19.9 Å². The van der Waals surface area contributed by atoms with Crippen molar-refractivity contribution in [2.24, 2.45) is 5.41 Å². The minimum Gasteiger partial charge on any atom is -0.383 e. The van der Waals surface area contributed by atoms with Crippen LogP contribution >= 0.6 is 0 Å². The highest BCUT2D eigenvalue weighted by molar-refractivity contribution is 5.85. The van der Waals surface area contributed by atoms with Crippen LogP contribution in [0.15, 0.2) is 24.3 Å². The third kappa shape index (κ3) is 3.82. The standard InChI is InChI=1S/C19H26FN3O3/c1-26-12-11-22-9-4-7-19(17(22)24)8-10-23(14-19)18(25)21-13-15-5-2-3-6-16(15)20/h2-3,5-6H,4,7-14H2,1H3,(H,21,25)/t19-/m0/s1. The minimum atomic E-state index is -0.471. The van der Waals surface area contributed by atoms with Gasteiger partial charge in [-0.2, -0.15) is 0 Å². The Morgan fingerprint density at radius 2 is 2.12 bits per heavy atom. The van der Waals surface area contributed by atoms with Gasteiger partial charge in [0.25, 0.3) is 0 Å². The van der Waals surface area contributed by atoms with Crippen molar-refractivity contribution in [1.82, 2.24) is 15.1 Å². The summed E-state index contributed by atoms with van der Waals surface area (Å²) in [5, 5.41) is 2.77. The van der Waals surface area contributed by atoms with Crippen LogP contribution in [0.2, 0.25) is 0 Å². The van der Waals surface area contributed by atoms with Gasteiger partial charge in [-0.3, -0.25) is 4.79 Å². The third-order valence-electron chi connectivity index (χ3n) is 5.42. The minimum absolute atomic E-state index is 0.130. The van der Waals surface area contributed by atoms with Crippen LogP contribution < -0.4 is 5.32 Å². The summed E-state index contributed by atoms with van der Waals surface area (Å²) in [7, 11) is 1.63. The fraction of sp³-hybridized carbons (Fsp3) is 0.579. The molecule has 2 heterocycles. The summed E-state index contributed by atoms with van der Waals surface area (Å²) in [6, 6.07) is 6.15. The Kier molecular flexibility index (Phi) is 5.76. The molecule has 0 unspecified atom stereocenters. The Labute approximate surface area is 153 Å². The molecule has 7 heteroatoms. The molecule has 2 aliphatic heterocycles. The zero-order chi connectivity index (χ0) is 18.6. The molecule has 142 valence electrons. The van der Waals surface area contributed by atoms with Crippen molar-refractivity contribution in [2.45, 2.75) is 25.8 Å². The number of halogens is 1. The summed E-state index contributed by atoms with van der Waals surface area (Å²) in [4.78, 5) is 28.9. The number of piperidine rings is 1. The van der Waals surface area contributed by atoms with Gasteiger partial charge in [-0.05, 0) is 25.3 Å². The number of hydrogen-bond acceptors (Lipinski definition) is 3. The number of methoxy groups -OCH3 is 1. The van der Waals surface area contributed by atoms with E-state index in [1.165, 1.54) is 6.07 Å². The average molecular weight is 363 g/mol. The van der Waals surface area contributed by atoms with Crippen molar-refractivity contribution < 1.29 is 18.7 Å². The van der Waals surface area contributed by atoms with Crippen LogP contribution in [0.25, 0.3) is 0 Å². The third-order valence-corrected chi connectivity index (χ3v) is 5.42. The summed E-state index contributed by atoms with van der Waals surface area (Å²) >= 11 is 0. The van der Waals surface area contributed by atoms with Gasteiger partial charge >= 0.3 is 6.03 Å². The Morgan fingerprint density at radius 1 is 1.31 bits per heavy atom. The SMILES string of the molecule is COCCN1CCC[C@@]2(CCN(C(=O)NCc3ccccc3F)C2)C1=O. The first-order valence-corrected chi connectivity index (χ1v) is 9.10. The number of likely N-dealkylation sites (tertiary alicyclic amines) is 2. The van der Waals surface area contributed by atoms with E-state index in [0.717, 1.165) is 19.4 Å². The van der Waals surface area contributed by atoms with Crippen LogP contribution in [0.4, 0.5) is 9.18 Å². The lowest BCUT2D eigenvalue weighted by atomic mass is 9.78. The molecule has 2 saturated heterocycles. The fourth-order valence-electron chi connectivity index (χ4n) is 3.92. The van der Waals surface area contributed by atoms with E-state index in [4.69, 9.17) is 4.74 Å². The smallest absolute Gasteiger partial charge is 0.317 e. The number of hydrogen-bond donors (Lipinski definition) is 1. The van der Waals surface area contributed by atoms with Gasteiger partial charge in [0.15, 0.2) is 0 Å². The number of benzene rings is 1. The largest absolute Gasteiger partial charge is 0.383 e. The Hall–Kier alpha value is -2.15. The number of ether oxygens (including phenoxy) is 1. The molecule has 26 heavy (non-hydrogen) atoms. The van der Waals surface area contributed by atoms with Crippen LogP contribution in [0.1, 0.15) is 24.8 Å². The summed E-state index contributed by atoms with van der Waals surface area (Å²) in [6.07, 6.45) is 2.44. The number of rotatable bonds is 5. The predicted molar refractivity (Wildman–Crippen MR) is 94.9 cm³/mol. The number of nitrogens with one attached hydrogen (secondary N) is 1. The number of amides is 3. The molecular formula is C19H26FN3O3. The number of nitrogens with zero attached hydrogens (tertiary/aromatic N) is 2. The molecule has 0 aliphatic carbocycles. The maximum absolute atomic E-state index is 13.7. The van der Waals surface area contributed by atoms with Crippen LogP contribution in [-0.4, -0.2) is 61.6 Å². The van der Waals surface area contributed by atoms with Gasteiger partial charge in [-0.1, -0.05) is 18.2 Å². The lowest BCUT2D eigenvalue weighted by Crippen LogP contribution is -2.51. The van der Waals surface area contributed by atoms with Crippen molar-refractivity contribution in [1.29, 1.82) is 0 Å². The average Bonchev–Trinajstić information content (AvgIpc) is 3.07. The van der Waals surface area contributed by atoms with Gasteiger partial charge in [0.1, 0.15) is 5.82 Å². The van der Waals surface area contributed by atoms with Crippen LogP contribution in [0.5, 0.6) is 0 Å². The fourth-order valence-corrected chi connectivity index (χ4v) is 3.92. The van der Waals surface area contributed by atoms with Gasteiger partial charge in [0, 0.05) is 45.4 Å². The van der Waals surface area contributed by atoms with E-state index >= 15 is 0 Å². The van der Waals surface area contributed by atoms with E-state index in [9.17, 15) is 14.0 Å². The van der Waals surface area contributed by atoms with E-state index in [1.807, 2.05) is 4.90 Å². The quantitative estimate of drug-likeness (QED) is 0.870. The highest BCUT2D eigenvalue weighted by Gasteiger charge is 2.49. The molecule has 2 aliphatic rings. The number of carbonyl (C=O) groups is 2. The zero-order valence-corrected chi connectivity index (χ0v) is 15.2. The van der Waals surface area contributed by atoms with Crippen LogP contribution in [-0.2, 0) is 16.1 Å². The summed E-state index contributed by atoms with van der Waals surface area (Å²) in [5.74, 6) is -0.202. The maximum atomic E-state index is 13.7. The number of urea groups is 1. The molecule has 3 rings (SSSR count). The van der Waals surface area contributed by atoms with Crippen molar-refractivity contribution in [3.8, 4) is 0 Å². The van der Waals surface area contributed by atoms with Gasteiger partial charge in [0.05, 0.1) is 12.0 Å². The molecule has 0 radical (unpaired) electrons. The molecule has 3 amide bonds. The van der Waals surface area contributed by atoms with E-state index in [1.54, 1.807) is 30.2 Å². The topological polar surface area (TPSA) is 61.9 Å². The second-order valence-corrected chi connectivity index (χ2v) is 7.09. The highest BCUT2D eigenvalue weighted by atomic mass is 19.1. The molecule has 0 aromatic heterocycles. The molecule has 1 N–H and O–H groups in total. The summed E-state index contributed by atoms with van der Waals surface area (Å²) in [6.45, 7) is 2.99. The Morgan fingerprint density at radius 3 is 2.88 bits per heavy atom. The molecular weight excluding hydrogens is 337 g/mol. The van der Waals surface area contributed by atoms with Crippen LogP contribution in [0.3, 0.4) is 0 Å². The molecule has 1 atom stereocenters. The molecule has 1 spiro atoms. The molecule has 0 bridgehead atoms. The lowest BCUT2D eigenvalue weighted by Gasteiger charge is -2.39. The molecule has 1 aromatic carbocycles. The molecule has 2 fully saturated rings. The highest BCUT2D eigenvalue weighted by Crippen LogP contribution is 2.40. The second kappa shape index (κ2) is 8.03. The van der Waals surface area contributed by atoms with Crippen LogP contribution in [0, 0.1) is 11.2 Å².